The van der Waals surface area contributed by atoms with Crippen LogP contribution in [-0.2, 0) is 4.74 Å². The summed E-state index contributed by atoms with van der Waals surface area (Å²) in [4.78, 5) is 13.1. The number of aliphatic hydroxyl groups is 1. The monoisotopic (exact) mass is 216 g/mol. The summed E-state index contributed by atoms with van der Waals surface area (Å²) < 4.78 is 5.06. The van der Waals surface area contributed by atoms with Crippen LogP contribution < -0.4 is 5.32 Å². The molecule has 0 spiro atoms. The molecule has 2 amide bonds. The highest BCUT2D eigenvalue weighted by Crippen LogP contribution is 2.32. The van der Waals surface area contributed by atoms with Crippen molar-refractivity contribution in [2.45, 2.75) is 18.9 Å². The second-order valence-electron chi connectivity index (χ2n) is 3.99. The summed E-state index contributed by atoms with van der Waals surface area (Å²) >= 11 is 0. The van der Waals surface area contributed by atoms with Gasteiger partial charge in [-0.15, -0.1) is 0 Å². The third kappa shape index (κ3) is 4.05. The topological polar surface area (TPSA) is 61.8 Å². The summed E-state index contributed by atoms with van der Waals surface area (Å²) in [5, 5.41) is 11.6. The average Bonchev–Trinajstić information content (AvgIpc) is 3.00. The minimum Gasteiger partial charge on any atom is -0.395 e. The number of ether oxygens (including phenoxy) is 1. The Morgan fingerprint density at radius 3 is 2.80 bits per heavy atom. The van der Waals surface area contributed by atoms with Crippen LogP contribution in [0.25, 0.3) is 0 Å². The molecular weight excluding hydrogens is 196 g/mol. The number of nitrogens with one attached hydrogen (secondary N) is 1. The van der Waals surface area contributed by atoms with Gasteiger partial charge in [-0.25, -0.2) is 4.79 Å². The molecule has 1 atom stereocenters. The number of amides is 2. The summed E-state index contributed by atoms with van der Waals surface area (Å²) in [6, 6.07) is -0.0263. The lowest BCUT2D eigenvalue weighted by molar-refractivity contribution is 0.147. The number of nitrogens with zero attached hydrogens (tertiary/aromatic N) is 1. The number of urea groups is 1. The Hall–Kier alpha value is -0.810. The van der Waals surface area contributed by atoms with E-state index in [9.17, 15) is 4.79 Å². The van der Waals surface area contributed by atoms with Gasteiger partial charge in [-0.3, -0.25) is 0 Å². The quantitative estimate of drug-likeness (QED) is 0.659. The molecular formula is C10H20N2O3. The van der Waals surface area contributed by atoms with Gasteiger partial charge < -0.3 is 20.1 Å². The lowest BCUT2D eigenvalue weighted by Gasteiger charge is -2.22. The van der Waals surface area contributed by atoms with Crippen LogP contribution in [0.1, 0.15) is 12.8 Å². The Kier molecular flexibility index (Phi) is 4.84. The third-order valence-electron chi connectivity index (χ3n) is 2.63. The van der Waals surface area contributed by atoms with Gasteiger partial charge in [0.1, 0.15) is 0 Å². The van der Waals surface area contributed by atoms with E-state index in [1.807, 2.05) is 0 Å². The Bertz CT molecular complexity index is 207. The maximum absolute atomic E-state index is 11.6. The number of carbonyl (C=O) groups is 1. The van der Waals surface area contributed by atoms with Gasteiger partial charge in [-0.1, -0.05) is 0 Å². The molecule has 15 heavy (non-hydrogen) atoms. The molecule has 5 heteroatoms. The van der Waals surface area contributed by atoms with Gasteiger partial charge in [-0.2, -0.15) is 0 Å². The Balaban J connectivity index is 2.32. The predicted molar refractivity (Wildman–Crippen MR) is 56.6 cm³/mol. The fourth-order valence-electron chi connectivity index (χ4n) is 1.49. The Morgan fingerprint density at radius 1 is 1.67 bits per heavy atom. The van der Waals surface area contributed by atoms with E-state index >= 15 is 0 Å². The second-order valence-corrected chi connectivity index (χ2v) is 3.99. The van der Waals surface area contributed by atoms with Crippen molar-refractivity contribution in [2.75, 3.05) is 33.9 Å². The van der Waals surface area contributed by atoms with E-state index in [1.165, 1.54) is 4.90 Å². The molecule has 0 heterocycles. The Labute approximate surface area is 90.4 Å². The van der Waals surface area contributed by atoms with Crippen molar-refractivity contribution in [1.82, 2.24) is 10.2 Å². The van der Waals surface area contributed by atoms with E-state index in [0.717, 1.165) is 12.8 Å². The lowest BCUT2D eigenvalue weighted by Crippen LogP contribution is -2.46. The van der Waals surface area contributed by atoms with Crippen molar-refractivity contribution in [3.63, 3.8) is 0 Å². The first-order valence-electron chi connectivity index (χ1n) is 5.30. The van der Waals surface area contributed by atoms with Gasteiger partial charge in [0.15, 0.2) is 0 Å². The summed E-state index contributed by atoms with van der Waals surface area (Å²) in [6.07, 6.45) is 2.33. The maximum atomic E-state index is 11.6. The first-order valence-corrected chi connectivity index (χ1v) is 5.30. The van der Waals surface area contributed by atoms with Crippen LogP contribution in [0.5, 0.6) is 0 Å². The highest BCUT2D eigenvalue weighted by molar-refractivity contribution is 5.74. The van der Waals surface area contributed by atoms with E-state index in [1.54, 1.807) is 14.2 Å². The van der Waals surface area contributed by atoms with Crippen LogP contribution in [-0.4, -0.2) is 56.0 Å². The average molecular weight is 216 g/mol. The number of hydrogen-bond donors (Lipinski definition) is 2. The van der Waals surface area contributed by atoms with Crippen molar-refractivity contribution in [2.24, 2.45) is 5.92 Å². The van der Waals surface area contributed by atoms with Crippen LogP contribution >= 0.6 is 0 Å². The summed E-state index contributed by atoms with van der Waals surface area (Å²) in [5.41, 5.74) is 0. The standard InChI is InChI=1S/C10H20N2O3/c1-12(5-6-13)10(14)11-9(7-15-2)8-3-4-8/h8-9,13H,3-7H2,1-2H3,(H,11,14). The number of methoxy groups -OCH3 is 1. The van der Waals surface area contributed by atoms with Crippen LogP contribution in [0.15, 0.2) is 0 Å². The molecule has 0 saturated heterocycles. The number of rotatable bonds is 6. The lowest BCUT2D eigenvalue weighted by atomic mass is 10.2. The van der Waals surface area contributed by atoms with Gasteiger partial charge in [0, 0.05) is 20.7 Å². The van der Waals surface area contributed by atoms with Crippen LogP contribution in [0.3, 0.4) is 0 Å². The predicted octanol–water partition coefficient (Wildman–Crippen LogP) is 0.0451. The highest BCUT2D eigenvalue weighted by Gasteiger charge is 2.32. The first kappa shape index (κ1) is 12.3. The minimum atomic E-state index is -0.141. The largest absolute Gasteiger partial charge is 0.395 e. The second kappa shape index (κ2) is 5.92. The van der Waals surface area contributed by atoms with Gasteiger partial charge in [-0.05, 0) is 18.8 Å². The molecule has 1 aliphatic rings. The summed E-state index contributed by atoms with van der Waals surface area (Å²) in [7, 11) is 3.31. The summed E-state index contributed by atoms with van der Waals surface area (Å²) in [6.45, 7) is 0.905. The van der Waals surface area contributed by atoms with Gasteiger partial charge >= 0.3 is 6.03 Å². The van der Waals surface area contributed by atoms with E-state index in [0.29, 0.717) is 19.1 Å². The molecule has 88 valence electrons. The molecule has 5 nitrogen and oxygen atoms in total. The zero-order valence-corrected chi connectivity index (χ0v) is 9.40. The molecule has 0 aromatic carbocycles. The van der Waals surface area contributed by atoms with Crippen molar-refractivity contribution >= 4 is 6.03 Å². The summed E-state index contributed by atoms with van der Waals surface area (Å²) in [5.74, 6) is 0.566. The molecule has 0 aliphatic heterocycles. The smallest absolute Gasteiger partial charge is 0.317 e. The zero-order valence-electron chi connectivity index (χ0n) is 9.40. The maximum Gasteiger partial charge on any atom is 0.317 e. The molecule has 1 rings (SSSR count). The van der Waals surface area contributed by atoms with Gasteiger partial charge in [0.25, 0.3) is 0 Å². The van der Waals surface area contributed by atoms with E-state index < -0.39 is 0 Å². The molecule has 0 bridgehead atoms. The molecule has 1 aliphatic carbocycles. The van der Waals surface area contributed by atoms with Crippen LogP contribution in [0.4, 0.5) is 4.79 Å². The number of likely N-dealkylation sites (N-methyl/N-ethyl adjacent to an activating group) is 1. The zero-order chi connectivity index (χ0) is 11.3. The van der Waals surface area contributed by atoms with Crippen LogP contribution in [0, 0.1) is 5.92 Å². The number of carbonyl (C=O) groups excluding carboxylic acids is 1. The first-order chi connectivity index (χ1) is 7.19. The molecule has 0 radical (unpaired) electrons. The molecule has 1 unspecified atom stereocenters. The van der Waals surface area contributed by atoms with Crippen molar-refractivity contribution < 1.29 is 14.6 Å². The van der Waals surface area contributed by atoms with E-state index in [4.69, 9.17) is 9.84 Å². The van der Waals surface area contributed by atoms with Gasteiger partial charge in [0.05, 0.1) is 19.3 Å². The van der Waals surface area contributed by atoms with E-state index in [2.05, 4.69) is 5.32 Å². The fourth-order valence-corrected chi connectivity index (χ4v) is 1.49. The third-order valence-corrected chi connectivity index (χ3v) is 2.63. The minimum absolute atomic E-state index is 0.0116. The van der Waals surface area contributed by atoms with Crippen LogP contribution in [0.2, 0.25) is 0 Å². The van der Waals surface area contributed by atoms with E-state index in [-0.39, 0.29) is 18.7 Å². The van der Waals surface area contributed by atoms with Crippen molar-refractivity contribution in [3.8, 4) is 0 Å². The molecule has 0 aromatic rings. The number of aliphatic hydroxyl groups excluding tert-OH is 1. The van der Waals surface area contributed by atoms with Gasteiger partial charge in [0.2, 0.25) is 0 Å². The molecule has 0 aromatic heterocycles. The van der Waals surface area contributed by atoms with Crippen molar-refractivity contribution in [3.05, 3.63) is 0 Å². The number of hydrogen-bond acceptors (Lipinski definition) is 3. The highest BCUT2D eigenvalue weighted by atomic mass is 16.5. The fraction of sp³-hybridized carbons (Fsp3) is 0.900. The molecule has 1 saturated carbocycles. The Morgan fingerprint density at radius 2 is 2.33 bits per heavy atom. The SMILES string of the molecule is COCC(NC(=O)N(C)CCO)C1CC1. The molecule has 1 fully saturated rings. The molecule has 2 N–H and O–H groups in total. The normalized spacial score (nSPS) is 17.3. The van der Waals surface area contributed by atoms with Crippen molar-refractivity contribution in [1.29, 1.82) is 0 Å².